The number of hydrogen-bond acceptors (Lipinski definition) is 4. The highest BCUT2D eigenvalue weighted by molar-refractivity contribution is 6.04. The van der Waals surface area contributed by atoms with Crippen molar-refractivity contribution in [3.8, 4) is 0 Å². The largest absolute Gasteiger partial charge is 0.416 e. The molecule has 0 spiro atoms. The van der Waals surface area contributed by atoms with Gasteiger partial charge in [0.25, 0.3) is 11.8 Å². The molecule has 7 nitrogen and oxygen atoms in total. The number of H-pyrrole nitrogens is 1. The molecule has 1 aliphatic heterocycles. The van der Waals surface area contributed by atoms with E-state index in [1.54, 1.807) is 24.3 Å². The van der Waals surface area contributed by atoms with Crippen LogP contribution in [0.2, 0.25) is 0 Å². The first-order chi connectivity index (χ1) is 14.2. The minimum Gasteiger partial charge on any atom is -0.399 e. The Bertz CT molecular complexity index is 1100. The number of rotatable bonds is 3. The molecule has 0 aliphatic carbocycles. The van der Waals surface area contributed by atoms with Gasteiger partial charge in [0.1, 0.15) is 0 Å². The molecular formula is C20H16F3N5O2. The van der Waals surface area contributed by atoms with Crippen LogP contribution in [0.5, 0.6) is 0 Å². The quantitative estimate of drug-likeness (QED) is 0.570. The molecule has 3 aromatic rings. The monoisotopic (exact) mass is 415 g/mol. The second kappa shape index (κ2) is 7.21. The van der Waals surface area contributed by atoms with Gasteiger partial charge in [0, 0.05) is 22.4 Å². The minimum absolute atomic E-state index is 0.147. The highest BCUT2D eigenvalue weighted by atomic mass is 19.4. The Hall–Kier alpha value is -3.82. The Morgan fingerprint density at radius 3 is 2.27 bits per heavy atom. The zero-order valence-electron chi connectivity index (χ0n) is 15.5. The second-order valence-corrected chi connectivity index (χ2v) is 6.84. The lowest BCUT2D eigenvalue weighted by Gasteiger charge is -2.16. The number of hydrogen-bond donors (Lipinski definition) is 3. The number of alkyl halides is 3. The number of carbonyl (C=O) groups excluding carboxylic acids is 2. The molecule has 0 atom stereocenters. The molecule has 1 aliphatic rings. The van der Waals surface area contributed by atoms with E-state index >= 15 is 0 Å². The summed E-state index contributed by atoms with van der Waals surface area (Å²) in [6.45, 7) is 0.378. The minimum atomic E-state index is -4.46. The summed E-state index contributed by atoms with van der Waals surface area (Å²) in [6, 6.07) is 10.4. The van der Waals surface area contributed by atoms with Crippen molar-refractivity contribution in [3.05, 3.63) is 76.5 Å². The van der Waals surface area contributed by atoms with Crippen molar-refractivity contribution < 1.29 is 22.8 Å². The van der Waals surface area contributed by atoms with Crippen molar-refractivity contribution in [1.82, 2.24) is 15.1 Å². The predicted octanol–water partition coefficient (Wildman–Crippen LogP) is 3.42. The number of nitrogen functional groups attached to an aromatic ring is 1. The van der Waals surface area contributed by atoms with Crippen LogP contribution in [0.3, 0.4) is 0 Å². The van der Waals surface area contributed by atoms with E-state index < -0.39 is 17.6 Å². The van der Waals surface area contributed by atoms with Crippen LogP contribution in [-0.2, 0) is 19.3 Å². The fraction of sp³-hybridized carbons (Fsp3) is 0.150. The Kier molecular flexibility index (Phi) is 4.69. The van der Waals surface area contributed by atoms with Crippen molar-refractivity contribution in [2.24, 2.45) is 0 Å². The molecule has 0 bridgehead atoms. The van der Waals surface area contributed by atoms with Gasteiger partial charge in [-0.05, 0) is 48.5 Å². The Morgan fingerprint density at radius 2 is 1.63 bits per heavy atom. The molecule has 154 valence electrons. The smallest absolute Gasteiger partial charge is 0.399 e. The van der Waals surface area contributed by atoms with Crippen LogP contribution in [0, 0.1) is 0 Å². The molecule has 1 aromatic heterocycles. The number of carbonyl (C=O) groups is 2. The van der Waals surface area contributed by atoms with E-state index in [2.05, 4.69) is 15.5 Å². The zero-order chi connectivity index (χ0) is 21.5. The molecule has 0 radical (unpaired) electrons. The predicted molar refractivity (Wildman–Crippen MR) is 102 cm³/mol. The first-order valence-electron chi connectivity index (χ1n) is 8.92. The zero-order valence-corrected chi connectivity index (χ0v) is 15.5. The van der Waals surface area contributed by atoms with E-state index in [1.807, 2.05) is 0 Å². The van der Waals surface area contributed by atoms with E-state index in [9.17, 15) is 22.8 Å². The van der Waals surface area contributed by atoms with Gasteiger partial charge in [0.2, 0.25) is 0 Å². The van der Waals surface area contributed by atoms with Crippen LogP contribution >= 0.6 is 0 Å². The number of halogens is 3. The fourth-order valence-corrected chi connectivity index (χ4v) is 3.19. The molecular weight excluding hydrogens is 399 g/mol. The molecule has 30 heavy (non-hydrogen) atoms. The molecule has 0 saturated carbocycles. The summed E-state index contributed by atoms with van der Waals surface area (Å²) in [4.78, 5) is 26.5. The standard InChI is InChI=1S/C20H16F3N5O2/c21-20(22,23)13-5-1-12(2-6-13)19(30)28-9-15-16(10-28)26-27-17(15)25-18(29)11-3-7-14(24)8-4-11/h1-8H,9-10,24H2,(H2,25,26,27,29). The summed E-state index contributed by atoms with van der Waals surface area (Å²) in [5.74, 6) is -0.490. The number of aromatic nitrogens is 2. The van der Waals surface area contributed by atoms with Crippen molar-refractivity contribution in [3.63, 3.8) is 0 Å². The van der Waals surface area contributed by atoms with Crippen LogP contribution < -0.4 is 11.1 Å². The molecule has 0 fully saturated rings. The summed E-state index contributed by atoms with van der Waals surface area (Å²) in [5.41, 5.74) is 7.18. The van der Waals surface area contributed by atoms with Crippen LogP contribution in [0.1, 0.15) is 37.5 Å². The van der Waals surface area contributed by atoms with E-state index in [-0.39, 0.29) is 24.6 Å². The third kappa shape index (κ3) is 3.71. The Morgan fingerprint density at radius 1 is 1.00 bits per heavy atom. The summed E-state index contributed by atoms with van der Waals surface area (Å²) in [6.07, 6.45) is -4.46. The first kappa shape index (κ1) is 19.5. The third-order valence-electron chi connectivity index (χ3n) is 4.80. The number of benzene rings is 2. The van der Waals surface area contributed by atoms with Crippen LogP contribution in [-0.4, -0.2) is 26.9 Å². The van der Waals surface area contributed by atoms with E-state index in [1.165, 1.54) is 4.90 Å². The summed E-state index contributed by atoms with van der Waals surface area (Å²) >= 11 is 0. The summed E-state index contributed by atoms with van der Waals surface area (Å²) < 4.78 is 38.1. The lowest BCUT2D eigenvalue weighted by molar-refractivity contribution is -0.137. The van der Waals surface area contributed by atoms with Crippen molar-refractivity contribution in [2.45, 2.75) is 19.3 Å². The number of nitrogens with zero attached hydrogens (tertiary/aromatic N) is 2. The van der Waals surface area contributed by atoms with Gasteiger partial charge in [0.05, 0.1) is 24.3 Å². The number of fused-ring (bicyclic) bond motifs is 1. The van der Waals surface area contributed by atoms with Gasteiger partial charge >= 0.3 is 6.18 Å². The molecule has 10 heteroatoms. The number of aromatic amines is 1. The van der Waals surface area contributed by atoms with E-state index in [0.717, 1.165) is 24.3 Å². The molecule has 4 N–H and O–H groups in total. The van der Waals surface area contributed by atoms with E-state index in [4.69, 9.17) is 5.73 Å². The van der Waals surface area contributed by atoms with Crippen LogP contribution in [0.15, 0.2) is 48.5 Å². The summed E-state index contributed by atoms with van der Waals surface area (Å²) in [5, 5.41) is 9.57. The van der Waals surface area contributed by atoms with Crippen molar-refractivity contribution in [2.75, 3.05) is 11.1 Å². The van der Waals surface area contributed by atoms with Gasteiger partial charge in [-0.15, -0.1) is 0 Å². The first-order valence-corrected chi connectivity index (χ1v) is 8.92. The average molecular weight is 415 g/mol. The van der Waals surface area contributed by atoms with Gasteiger partial charge in [-0.3, -0.25) is 14.7 Å². The molecule has 0 saturated heterocycles. The van der Waals surface area contributed by atoms with Crippen LogP contribution in [0.25, 0.3) is 0 Å². The normalized spacial score (nSPS) is 13.2. The molecule has 2 heterocycles. The number of nitrogens with two attached hydrogens (primary N) is 1. The van der Waals surface area contributed by atoms with Gasteiger partial charge in [-0.2, -0.15) is 18.3 Å². The van der Waals surface area contributed by atoms with Gasteiger partial charge in [-0.25, -0.2) is 0 Å². The van der Waals surface area contributed by atoms with E-state index in [0.29, 0.717) is 28.3 Å². The molecule has 2 amide bonds. The van der Waals surface area contributed by atoms with Gasteiger partial charge < -0.3 is 16.0 Å². The molecule has 4 rings (SSSR count). The number of nitrogens with one attached hydrogen (secondary N) is 2. The summed E-state index contributed by atoms with van der Waals surface area (Å²) in [7, 11) is 0. The number of anilines is 2. The topological polar surface area (TPSA) is 104 Å². The van der Waals surface area contributed by atoms with Crippen molar-refractivity contribution in [1.29, 1.82) is 0 Å². The van der Waals surface area contributed by atoms with Gasteiger partial charge in [-0.1, -0.05) is 0 Å². The molecule has 2 aromatic carbocycles. The SMILES string of the molecule is Nc1ccc(C(=O)Nc2n[nH]c3c2CN(C(=O)c2ccc(C(F)(F)F)cc2)C3)cc1. The second-order valence-electron chi connectivity index (χ2n) is 6.84. The maximum atomic E-state index is 12.7. The fourth-order valence-electron chi connectivity index (χ4n) is 3.19. The van der Waals surface area contributed by atoms with Crippen LogP contribution in [0.4, 0.5) is 24.7 Å². The maximum Gasteiger partial charge on any atom is 0.416 e. The Labute approximate surface area is 168 Å². The highest BCUT2D eigenvalue weighted by Gasteiger charge is 2.32. The Balaban J connectivity index is 1.46. The maximum absolute atomic E-state index is 12.7. The van der Waals surface area contributed by atoms with Crippen molar-refractivity contribution >= 4 is 23.3 Å². The van der Waals surface area contributed by atoms with Gasteiger partial charge in [0.15, 0.2) is 5.82 Å². The third-order valence-corrected chi connectivity index (χ3v) is 4.80. The molecule has 0 unspecified atom stereocenters. The highest BCUT2D eigenvalue weighted by Crippen LogP contribution is 2.31. The average Bonchev–Trinajstić information content (AvgIpc) is 3.29. The number of amides is 2. The lowest BCUT2D eigenvalue weighted by Crippen LogP contribution is -2.26. The lowest BCUT2D eigenvalue weighted by atomic mass is 10.1.